The van der Waals surface area contributed by atoms with E-state index in [0.717, 1.165) is 36.2 Å². The van der Waals surface area contributed by atoms with Gasteiger partial charge < -0.3 is 9.47 Å². The van der Waals surface area contributed by atoms with Crippen molar-refractivity contribution in [1.29, 1.82) is 0 Å². The number of aryl methyl sites for hydroxylation is 2. The molecule has 0 amide bonds. The zero-order valence-corrected chi connectivity index (χ0v) is 15.4. The van der Waals surface area contributed by atoms with Crippen LogP contribution in [0.25, 0.3) is 0 Å². The fourth-order valence-electron chi connectivity index (χ4n) is 2.41. The lowest BCUT2D eigenvalue weighted by atomic mass is 10.0. The third-order valence-corrected chi connectivity index (χ3v) is 4.23. The highest BCUT2D eigenvalue weighted by molar-refractivity contribution is 7.85. The first kappa shape index (κ1) is 19.3. The molecule has 0 aromatic heterocycles. The van der Waals surface area contributed by atoms with Crippen molar-refractivity contribution in [3.8, 4) is 11.5 Å². The minimum atomic E-state index is -3.39. The smallest absolute Gasteiger partial charge is 0.264 e. The lowest BCUT2D eigenvalue weighted by Gasteiger charge is -2.12. The van der Waals surface area contributed by atoms with Crippen LogP contribution in [0.2, 0.25) is 0 Å². The largest absolute Gasteiger partial charge is 0.497 e. The Bertz CT molecular complexity index is 771. The molecule has 136 valence electrons. The van der Waals surface area contributed by atoms with Gasteiger partial charge in [0, 0.05) is 6.42 Å². The van der Waals surface area contributed by atoms with Gasteiger partial charge in [0.1, 0.15) is 11.5 Å². The van der Waals surface area contributed by atoms with Crippen molar-refractivity contribution in [3.05, 3.63) is 59.7 Å². The van der Waals surface area contributed by atoms with E-state index in [2.05, 4.69) is 6.07 Å². The molecule has 0 atom stereocenters. The van der Waals surface area contributed by atoms with Crippen molar-refractivity contribution >= 4 is 10.1 Å². The molecule has 0 heterocycles. The molecule has 0 N–H and O–H groups in total. The van der Waals surface area contributed by atoms with Gasteiger partial charge in [0.05, 0.1) is 26.6 Å². The molecule has 0 fully saturated rings. The minimum absolute atomic E-state index is 0.130. The Labute approximate surface area is 149 Å². The highest BCUT2D eigenvalue weighted by Crippen LogP contribution is 2.21. The summed E-state index contributed by atoms with van der Waals surface area (Å²) in [6, 6.07) is 15.9. The molecule has 0 aliphatic rings. The van der Waals surface area contributed by atoms with E-state index < -0.39 is 10.1 Å². The number of hydrogen-bond acceptors (Lipinski definition) is 5. The summed E-state index contributed by atoms with van der Waals surface area (Å²) < 4.78 is 37.6. The Morgan fingerprint density at radius 3 is 2.52 bits per heavy atom. The SMILES string of the molecule is COc1cccc(CCc2ccccc2OCCCOS(C)(=O)=O)c1. The fraction of sp³-hybridized carbons (Fsp3) is 0.368. The van der Waals surface area contributed by atoms with Gasteiger partial charge in [-0.3, -0.25) is 4.18 Å². The standard InChI is InChI=1S/C19H24O5S/c1-22-18-9-5-7-16(15-18)11-12-17-8-3-4-10-19(17)23-13-6-14-24-25(2,20)21/h3-5,7-10,15H,6,11-14H2,1-2H3. The van der Waals surface area contributed by atoms with Crippen LogP contribution in [0.4, 0.5) is 0 Å². The van der Waals surface area contributed by atoms with E-state index >= 15 is 0 Å². The van der Waals surface area contributed by atoms with E-state index in [1.54, 1.807) is 7.11 Å². The molecule has 2 rings (SSSR count). The van der Waals surface area contributed by atoms with Gasteiger partial charge in [0.2, 0.25) is 0 Å². The highest BCUT2D eigenvalue weighted by atomic mass is 32.2. The lowest BCUT2D eigenvalue weighted by molar-refractivity contribution is 0.250. The normalized spacial score (nSPS) is 11.3. The molecular formula is C19H24O5S. The quantitative estimate of drug-likeness (QED) is 0.478. The number of para-hydroxylation sites is 1. The van der Waals surface area contributed by atoms with E-state index in [1.165, 1.54) is 5.56 Å². The van der Waals surface area contributed by atoms with Crippen LogP contribution in [0.5, 0.6) is 11.5 Å². The molecule has 5 nitrogen and oxygen atoms in total. The highest BCUT2D eigenvalue weighted by Gasteiger charge is 2.05. The summed E-state index contributed by atoms with van der Waals surface area (Å²) in [6.07, 6.45) is 3.29. The van der Waals surface area contributed by atoms with E-state index in [9.17, 15) is 8.42 Å². The van der Waals surface area contributed by atoms with Gasteiger partial charge in [-0.2, -0.15) is 8.42 Å². The maximum atomic E-state index is 10.9. The van der Waals surface area contributed by atoms with Gasteiger partial charge in [-0.15, -0.1) is 0 Å². The molecule has 2 aromatic rings. The van der Waals surface area contributed by atoms with Crippen LogP contribution in [-0.4, -0.2) is 35.0 Å². The van der Waals surface area contributed by atoms with Crippen LogP contribution in [0.3, 0.4) is 0 Å². The van der Waals surface area contributed by atoms with Crippen molar-refractivity contribution in [2.24, 2.45) is 0 Å². The molecule has 0 aliphatic carbocycles. The number of rotatable bonds is 10. The minimum Gasteiger partial charge on any atom is -0.497 e. The molecule has 0 saturated carbocycles. The first-order valence-corrected chi connectivity index (χ1v) is 9.97. The average molecular weight is 364 g/mol. The number of methoxy groups -OCH3 is 1. The zero-order chi connectivity index (χ0) is 18.1. The Kier molecular flexibility index (Phi) is 7.28. The summed E-state index contributed by atoms with van der Waals surface area (Å²) in [7, 11) is -1.73. The molecule has 0 aliphatic heterocycles. The second-order valence-electron chi connectivity index (χ2n) is 5.69. The van der Waals surface area contributed by atoms with Gasteiger partial charge in [-0.25, -0.2) is 0 Å². The molecule has 0 saturated heterocycles. The lowest BCUT2D eigenvalue weighted by Crippen LogP contribution is -2.08. The van der Waals surface area contributed by atoms with E-state index in [4.69, 9.17) is 13.7 Å². The molecule has 2 aromatic carbocycles. The Morgan fingerprint density at radius 1 is 0.960 bits per heavy atom. The Hall–Kier alpha value is -2.05. The monoisotopic (exact) mass is 364 g/mol. The summed E-state index contributed by atoms with van der Waals surface area (Å²) >= 11 is 0. The third-order valence-electron chi connectivity index (χ3n) is 3.63. The Morgan fingerprint density at radius 2 is 1.76 bits per heavy atom. The average Bonchev–Trinajstić information content (AvgIpc) is 2.59. The van der Waals surface area contributed by atoms with Crippen LogP contribution in [0.15, 0.2) is 48.5 Å². The second kappa shape index (κ2) is 9.44. The van der Waals surface area contributed by atoms with Crippen LogP contribution >= 0.6 is 0 Å². The number of ether oxygens (including phenoxy) is 2. The number of benzene rings is 2. The predicted octanol–water partition coefficient (Wildman–Crippen LogP) is 3.23. The van der Waals surface area contributed by atoms with Crippen molar-refractivity contribution < 1.29 is 22.1 Å². The van der Waals surface area contributed by atoms with Crippen molar-refractivity contribution in [2.75, 3.05) is 26.6 Å². The zero-order valence-electron chi connectivity index (χ0n) is 14.6. The first-order chi connectivity index (χ1) is 12.0. The molecule has 0 spiro atoms. The summed E-state index contributed by atoms with van der Waals surface area (Å²) in [4.78, 5) is 0. The molecule has 6 heteroatoms. The maximum absolute atomic E-state index is 10.9. The van der Waals surface area contributed by atoms with Crippen molar-refractivity contribution in [3.63, 3.8) is 0 Å². The van der Waals surface area contributed by atoms with Gasteiger partial charge in [-0.05, 0) is 42.2 Å². The third kappa shape index (κ3) is 7.15. The fourth-order valence-corrected chi connectivity index (χ4v) is 2.83. The maximum Gasteiger partial charge on any atom is 0.264 e. The second-order valence-corrected chi connectivity index (χ2v) is 7.33. The number of hydrogen-bond donors (Lipinski definition) is 0. The van der Waals surface area contributed by atoms with Gasteiger partial charge in [0.25, 0.3) is 10.1 Å². The summed E-state index contributed by atoms with van der Waals surface area (Å²) in [5, 5.41) is 0. The summed E-state index contributed by atoms with van der Waals surface area (Å²) in [6.45, 7) is 0.538. The topological polar surface area (TPSA) is 61.8 Å². The van der Waals surface area contributed by atoms with Gasteiger partial charge in [-0.1, -0.05) is 30.3 Å². The molecule has 0 unspecified atom stereocenters. The molecular weight excluding hydrogens is 340 g/mol. The molecule has 25 heavy (non-hydrogen) atoms. The van der Waals surface area contributed by atoms with Crippen LogP contribution < -0.4 is 9.47 Å². The van der Waals surface area contributed by atoms with Crippen LogP contribution in [0.1, 0.15) is 17.5 Å². The molecule has 0 bridgehead atoms. The van der Waals surface area contributed by atoms with Crippen molar-refractivity contribution in [2.45, 2.75) is 19.3 Å². The van der Waals surface area contributed by atoms with E-state index in [1.807, 2.05) is 42.5 Å². The van der Waals surface area contributed by atoms with Crippen LogP contribution in [-0.2, 0) is 27.1 Å². The Balaban J connectivity index is 1.87. The van der Waals surface area contributed by atoms with E-state index in [0.29, 0.717) is 13.0 Å². The van der Waals surface area contributed by atoms with Gasteiger partial charge >= 0.3 is 0 Å². The van der Waals surface area contributed by atoms with Crippen molar-refractivity contribution in [1.82, 2.24) is 0 Å². The summed E-state index contributed by atoms with van der Waals surface area (Å²) in [5.41, 5.74) is 2.32. The summed E-state index contributed by atoms with van der Waals surface area (Å²) in [5.74, 6) is 1.68. The first-order valence-electron chi connectivity index (χ1n) is 8.16. The molecule has 0 radical (unpaired) electrons. The predicted molar refractivity (Wildman–Crippen MR) is 97.8 cm³/mol. The van der Waals surface area contributed by atoms with Crippen LogP contribution in [0, 0.1) is 0 Å². The van der Waals surface area contributed by atoms with E-state index in [-0.39, 0.29) is 6.61 Å². The van der Waals surface area contributed by atoms with Gasteiger partial charge in [0.15, 0.2) is 0 Å².